The van der Waals surface area contributed by atoms with E-state index in [0.717, 1.165) is 76.2 Å². The summed E-state index contributed by atoms with van der Waals surface area (Å²) in [6, 6.07) is 64.3. The van der Waals surface area contributed by atoms with Crippen LogP contribution in [0.4, 0.5) is 0 Å². The molecular weight excluding hydrogens is 741 g/mol. The highest BCUT2D eigenvalue weighted by Crippen LogP contribution is 2.45. The van der Waals surface area contributed by atoms with Crippen LogP contribution >= 0.6 is 11.3 Å². The molecule has 0 saturated heterocycles. The standard InChI is InChI=1S/C53H30N4OS/c1-2-15-33-30-45-43(29-32(33)14-1)35-18-5-8-24-44(35)57(45)48-41(28-27-38-36-19-6-9-25-46(36)58-49(38)48)52-54-51(40-22-11-16-31-13-3-4-17-34(31)40)55-53(56-52)42-23-12-21-39-37-20-7-10-26-47(37)59-50(39)42/h1-30H. The van der Waals surface area contributed by atoms with Crippen LogP contribution in [0.5, 0.6) is 0 Å². The Kier molecular flexibility index (Phi) is 6.82. The Balaban J connectivity index is 1.18. The lowest BCUT2D eigenvalue weighted by atomic mass is 10.0. The van der Waals surface area contributed by atoms with E-state index in [1.54, 1.807) is 11.3 Å². The molecule has 0 aliphatic carbocycles. The molecular formula is C53H30N4OS. The number of furan rings is 1. The maximum Gasteiger partial charge on any atom is 0.166 e. The first-order chi connectivity index (χ1) is 29.2. The van der Waals surface area contributed by atoms with Crippen molar-refractivity contribution in [2.75, 3.05) is 0 Å². The predicted molar refractivity (Wildman–Crippen MR) is 246 cm³/mol. The molecule has 0 aliphatic heterocycles. The van der Waals surface area contributed by atoms with E-state index >= 15 is 0 Å². The van der Waals surface area contributed by atoms with E-state index in [4.69, 9.17) is 19.4 Å². The van der Waals surface area contributed by atoms with E-state index in [9.17, 15) is 0 Å². The largest absolute Gasteiger partial charge is 0.454 e. The fraction of sp³-hybridized carbons (Fsp3) is 0. The van der Waals surface area contributed by atoms with Gasteiger partial charge in [-0.25, -0.2) is 15.0 Å². The van der Waals surface area contributed by atoms with Crippen molar-refractivity contribution in [3.05, 3.63) is 182 Å². The van der Waals surface area contributed by atoms with Crippen LogP contribution in [0, 0.1) is 0 Å². The zero-order chi connectivity index (χ0) is 38.6. The molecule has 13 rings (SSSR count). The first kappa shape index (κ1) is 32.4. The molecule has 0 saturated carbocycles. The Morgan fingerprint density at radius 3 is 1.86 bits per heavy atom. The van der Waals surface area contributed by atoms with Crippen molar-refractivity contribution < 1.29 is 4.42 Å². The van der Waals surface area contributed by atoms with Crippen molar-refractivity contribution in [2.24, 2.45) is 0 Å². The average Bonchev–Trinajstić information content (AvgIpc) is 3.97. The third kappa shape index (κ3) is 4.81. The van der Waals surface area contributed by atoms with Gasteiger partial charge in [0.25, 0.3) is 0 Å². The third-order valence-electron chi connectivity index (χ3n) is 11.8. The highest BCUT2D eigenvalue weighted by molar-refractivity contribution is 7.26. The Bertz CT molecular complexity index is 3870. The number of fused-ring (bicyclic) bond motifs is 11. The smallest absolute Gasteiger partial charge is 0.166 e. The summed E-state index contributed by atoms with van der Waals surface area (Å²) in [6.07, 6.45) is 0. The number of nitrogens with zero attached hydrogens (tertiary/aromatic N) is 4. The van der Waals surface area contributed by atoms with Crippen LogP contribution in [0.15, 0.2) is 186 Å². The molecule has 0 aliphatic rings. The summed E-state index contributed by atoms with van der Waals surface area (Å²) in [5, 5.41) is 11.4. The van der Waals surface area contributed by atoms with Gasteiger partial charge in [-0.05, 0) is 70.1 Å². The molecule has 0 spiro atoms. The lowest BCUT2D eigenvalue weighted by molar-refractivity contribution is 0.666. The Hall–Kier alpha value is -7.67. The first-order valence-corrected chi connectivity index (χ1v) is 20.6. The molecule has 0 atom stereocenters. The SMILES string of the molecule is c1ccc2cc3c(cc2c1)c1ccccc1n3-c1c(-c2nc(-c3cccc4ccccc34)nc(-c3cccc4c3sc3ccccc34)n2)ccc2c1oc1ccccc12. The van der Waals surface area contributed by atoms with E-state index in [1.807, 2.05) is 12.1 Å². The summed E-state index contributed by atoms with van der Waals surface area (Å²) in [5.41, 5.74) is 7.43. The fourth-order valence-corrected chi connectivity index (χ4v) is 10.4. The highest BCUT2D eigenvalue weighted by Gasteiger charge is 2.25. The second-order valence-electron chi connectivity index (χ2n) is 15.1. The summed E-state index contributed by atoms with van der Waals surface area (Å²) in [4.78, 5) is 16.3. The molecule has 5 nitrogen and oxygen atoms in total. The van der Waals surface area contributed by atoms with Gasteiger partial charge in [0.15, 0.2) is 23.1 Å². The zero-order valence-electron chi connectivity index (χ0n) is 31.4. The van der Waals surface area contributed by atoms with E-state index in [0.29, 0.717) is 17.5 Å². The van der Waals surface area contributed by atoms with E-state index in [2.05, 4.69) is 174 Å². The number of para-hydroxylation sites is 2. The van der Waals surface area contributed by atoms with Gasteiger partial charge >= 0.3 is 0 Å². The van der Waals surface area contributed by atoms with Gasteiger partial charge in [-0.15, -0.1) is 11.3 Å². The quantitative estimate of drug-likeness (QED) is 0.179. The molecule has 6 heteroatoms. The van der Waals surface area contributed by atoms with E-state index in [1.165, 1.54) is 31.6 Å². The third-order valence-corrected chi connectivity index (χ3v) is 13.1. The molecule has 0 N–H and O–H groups in total. The number of aromatic nitrogens is 4. The minimum absolute atomic E-state index is 0.570. The summed E-state index contributed by atoms with van der Waals surface area (Å²) in [6.45, 7) is 0. The molecule has 13 aromatic rings. The van der Waals surface area contributed by atoms with Gasteiger partial charge in [-0.3, -0.25) is 0 Å². The summed E-state index contributed by atoms with van der Waals surface area (Å²) in [5.74, 6) is 1.81. The average molecular weight is 771 g/mol. The maximum absolute atomic E-state index is 6.94. The van der Waals surface area contributed by atoms with Crippen molar-refractivity contribution in [3.8, 4) is 39.9 Å². The lowest BCUT2D eigenvalue weighted by Crippen LogP contribution is -2.04. The van der Waals surface area contributed by atoms with E-state index in [-0.39, 0.29) is 0 Å². The molecule has 0 radical (unpaired) electrons. The van der Waals surface area contributed by atoms with Crippen LogP contribution in [0.25, 0.3) is 125 Å². The Morgan fingerprint density at radius 1 is 0.390 bits per heavy atom. The van der Waals surface area contributed by atoms with Crippen molar-refractivity contribution in [2.45, 2.75) is 0 Å². The molecule has 0 fully saturated rings. The van der Waals surface area contributed by atoms with Crippen LogP contribution < -0.4 is 0 Å². The molecule has 59 heavy (non-hydrogen) atoms. The predicted octanol–water partition coefficient (Wildman–Crippen LogP) is 14.5. The van der Waals surface area contributed by atoms with Crippen LogP contribution in [0.3, 0.4) is 0 Å². The van der Waals surface area contributed by atoms with Crippen LogP contribution in [-0.4, -0.2) is 19.5 Å². The number of hydrogen-bond acceptors (Lipinski definition) is 5. The Labute approximate surface area is 341 Å². The van der Waals surface area contributed by atoms with Gasteiger partial charge in [0.05, 0.1) is 11.0 Å². The molecule has 0 amide bonds. The zero-order valence-corrected chi connectivity index (χ0v) is 32.2. The lowest BCUT2D eigenvalue weighted by Gasteiger charge is -2.16. The molecule has 274 valence electrons. The number of hydrogen-bond donors (Lipinski definition) is 0. The van der Waals surface area contributed by atoms with Gasteiger partial charge < -0.3 is 8.98 Å². The maximum atomic E-state index is 6.94. The highest BCUT2D eigenvalue weighted by atomic mass is 32.1. The minimum Gasteiger partial charge on any atom is -0.454 e. The summed E-state index contributed by atoms with van der Waals surface area (Å²) >= 11 is 1.78. The van der Waals surface area contributed by atoms with Crippen molar-refractivity contribution in [1.82, 2.24) is 19.5 Å². The van der Waals surface area contributed by atoms with Gasteiger partial charge in [0, 0.05) is 58.4 Å². The number of benzene rings is 9. The number of thiophene rings is 1. The van der Waals surface area contributed by atoms with Gasteiger partial charge in [0.2, 0.25) is 0 Å². The molecule has 0 unspecified atom stereocenters. The van der Waals surface area contributed by atoms with Crippen molar-refractivity contribution in [3.63, 3.8) is 0 Å². The minimum atomic E-state index is 0.570. The van der Waals surface area contributed by atoms with Crippen LogP contribution in [-0.2, 0) is 0 Å². The Morgan fingerprint density at radius 2 is 1.00 bits per heavy atom. The fourth-order valence-electron chi connectivity index (χ4n) is 9.15. The second-order valence-corrected chi connectivity index (χ2v) is 16.2. The second kappa shape index (κ2) is 12.4. The molecule has 0 bridgehead atoms. The topological polar surface area (TPSA) is 56.7 Å². The molecule has 9 aromatic carbocycles. The van der Waals surface area contributed by atoms with Crippen molar-refractivity contribution in [1.29, 1.82) is 0 Å². The molecule has 4 heterocycles. The van der Waals surface area contributed by atoms with Crippen LogP contribution in [0.1, 0.15) is 0 Å². The number of rotatable bonds is 4. The van der Waals surface area contributed by atoms with Gasteiger partial charge in [0.1, 0.15) is 11.3 Å². The van der Waals surface area contributed by atoms with E-state index < -0.39 is 0 Å². The molecule has 4 aromatic heterocycles. The normalized spacial score (nSPS) is 12.1. The van der Waals surface area contributed by atoms with Crippen molar-refractivity contribution >= 4 is 96.8 Å². The summed E-state index contributed by atoms with van der Waals surface area (Å²) in [7, 11) is 0. The van der Waals surface area contributed by atoms with Gasteiger partial charge in [-0.2, -0.15) is 0 Å². The summed E-state index contributed by atoms with van der Waals surface area (Å²) < 4.78 is 11.7. The monoisotopic (exact) mass is 770 g/mol. The van der Waals surface area contributed by atoms with Gasteiger partial charge in [-0.1, -0.05) is 133 Å². The van der Waals surface area contributed by atoms with Crippen LogP contribution in [0.2, 0.25) is 0 Å². The first-order valence-electron chi connectivity index (χ1n) is 19.8.